The van der Waals surface area contributed by atoms with Crippen LogP contribution in [0.5, 0.6) is 0 Å². The first-order chi connectivity index (χ1) is 17.6. The Hall–Kier alpha value is -2.75. The molecule has 0 saturated carbocycles. The van der Waals surface area contributed by atoms with E-state index in [2.05, 4.69) is 5.32 Å². The van der Waals surface area contributed by atoms with Gasteiger partial charge in [0.1, 0.15) is 11.5 Å². The largest absolute Gasteiger partial charge is 1.00 e. The van der Waals surface area contributed by atoms with Crippen molar-refractivity contribution < 1.29 is 58.9 Å². The number of aliphatic hydroxyl groups is 2. The van der Waals surface area contributed by atoms with Crippen molar-refractivity contribution in [2.45, 2.75) is 51.9 Å². The molecule has 0 aliphatic carbocycles. The van der Waals surface area contributed by atoms with Gasteiger partial charge in [-0.1, -0.05) is 48.5 Å². The quantitative estimate of drug-likeness (QED) is 0.314. The van der Waals surface area contributed by atoms with Crippen molar-refractivity contribution in [3.8, 4) is 22.3 Å². The molecule has 0 aliphatic rings. The van der Waals surface area contributed by atoms with Gasteiger partial charge in [0, 0.05) is 48.2 Å². The molecule has 1 aromatic heterocycles. The van der Waals surface area contributed by atoms with Gasteiger partial charge < -0.3 is 30.0 Å². The SMILES string of the molecule is CCNC(=O)c1c(-c2ccccc2)c(-c2ccc(F)cc2)c(C=C[C@@H](O)C[C@@H](O)CC(=O)[O-])n1C(C)C.[Na+]. The summed E-state index contributed by atoms with van der Waals surface area (Å²) in [6.07, 6.45) is -0.107. The van der Waals surface area contributed by atoms with Crippen LogP contribution >= 0.6 is 0 Å². The van der Waals surface area contributed by atoms with E-state index in [1.54, 1.807) is 18.2 Å². The molecule has 2 aromatic carbocycles. The minimum absolute atomic E-state index is 0. The van der Waals surface area contributed by atoms with Crippen LogP contribution < -0.4 is 40.0 Å². The smallest absolute Gasteiger partial charge is 0.550 e. The molecule has 1 heterocycles. The standard InChI is InChI=1S/C29H33FN2O5.Na/c1-4-31-29(37)28-27(19-8-6-5-7-9-19)26(20-10-12-21(30)13-11-20)24(32(28)18(2)3)15-14-22(33)16-23(34)17-25(35)36;/h5-15,18,22-23,33-34H,4,16-17H2,1-3H3,(H,31,37)(H,35,36);/q;+1/p-1/t22-,23-;/m1./s1. The number of aliphatic hydroxyl groups excluding tert-OH is 2. The predicted octanol–water partition coefficient (Wildman–Crippen LogP) is 0.561. The van der Waals surface area contributed by atoms with Crippen molar-refractivity contribution in [3.05, 3.63) is 77.9 Å². The number of rotatable bonds is 11. The third-order valence-electron chi connectivity index (χ3n) is 5.90. The zero-order chi connectivity index (χ0) is 27.1. The third-order valence-corrected chi connectivity index (χ3v) is 5.90. The van der Waals surface area contributed by atoms with Crippen LogP contribution in [0.1, 0.15) is 55.8 Å². The molecule has 1 amide bonds. The van der Waals surface area contributed by atoms with Gasteiger partial charge in [-0.2, -0.15) is 0 Å². The second-order valence-corrected chi connectivity index (χ2v) is 9.07. The Morgan fingerprint density at radius 1 is 1.03 bits per heavy atom. The van der Waals surface area contributed by atoms with Crippen LogP contribution in [0.2, 0.25) is 0 Å². The van der Waals surface area contributed by atoms with Crippen molar-refractivity contribution >= 4 is 18.0 Å². The number of nitrogens with zero attached hydrogens (tertiary/aromatic N) is 1. The molecule has 0 unspecified atom stereocenters. The summed E-state index contributed by atoms with van der Waals surface area (Å²) >= 11 is 0. The summed E-state index contributed by atoms with van der Waals surface area (Å²) in [6.45, 7) is 6.12. The maximum Gasteiger partial charge on any atom is 1.00 e. The van der Waals surface area contributed by atoms with Gasteiger partial charge in [0.05, 0.1) is 12.2 Å². The molecule has 0 radical (unpaired) electrons. The van der Waals surface area contributed by atoms with E-state index in [1.165, 1.54) is 18.2 Å². The maximum absolute atomic E-state index is 13.8. The molecule has 0 bridgehead atoms. The van der Waals surface area contributed by atoms with Crippen LogP contribution in [0.4, 0.5) is 4.39 Å². The fourth-order valence-corrected chi connectivity index (χ4v) is 4.40. The molecule has 3 aromatic rings. The molecule has 38 heavy (non-hydrogen) atoms. The van der Waals surface area contributed by atoms with E-state index in [9.17, 15) is 29.3 Å². The molecule has 0 saturated heterocycles. The van der Waals surface area contributed by atoms with E-state index in [-0.39, 0.29) is 47.9 Å². The van der Waals surface area contributed by atoms with Crippen LogP contribution in [0.25, 0.3) is 28.3 Å². The Bertz CT molecular complexity index is 1260. The van der Waals surface area contributed by atoms with E-state index >= 15 is 0 Å². The van der Waals surface area contributed by atoms with Crippen LogP contribution in [-0.2, 0) is 4.79 Å². The molecule has 9 heteroatoms. The van der Waals surface area contributed by atoms with Gasteiger partial charge in [0.25, 0.3) is 5.91 Å². The second-order valence-electron chi connectivity index (χ2n) is 9.07. The summed E-state index contributed by atoms with van der Waals surface area (Å²) in [6, 6.07) is 15.2. The zero-order valence-electron chi connectivity index (χ0n) is 22.1. The van der Waals surface area contributed by atoms with Crippen molar-refractivity contribution in [3.63, 3.8) is 0 Å². The summed E-state index contributed by atoms with van der Waals surface area (Å²) < 4.78 is 15.7. The number of carbonyl (C=O) groups excluding carboxylic acids is 2. The Morgan fingerprint density at radius 3 is 2.18 bits per heavy atom. The Balaban J connectivity index is 0.00000507. The predicted molar refractivity (Wildman–Crippen MR) is 139 cm³/mol. The normalized spacial score (nSPS) is 12.8. The number of hydrogen-bond donors (Lipinski definition) is 3. The molecule has 196 valence electrons. The van der Waals surface area contributed by atoms with E-state index in [0.29, 0.717) is 34.6 Å². The van der Waals surface area contributed by atoms with Gasteiger partial charge in [-0.05, 0) is 50.1 Å². The monoisotopic (exact) mass is 530 g/mol. The first kappa shape index (κ1) is 31.5. The van der Waals surface area contributed by atoms with Crippen molar-refractivity contribution in [2.24, 2.45) is 0 Å². The minimum Gasteiger partial charge on any atom is -0.550 e. The second kappa shape index (κ2) is 14.4. The average molecular weight is 531 g/mol. The van der Waals surface area contributed by atoms with E-state index < -0.39 is 30.4 Å². The van der Waals surface area contributed by atoms with Crippen molar-refractivity contribution in [2.75, 3.05) is 6.54 Å². The molecule has 0 fully saturated rings. The van der Waals surface area contributed by atoms with Gasteiger partial charge in [-0.15, -0.1) is 0 Å². The molecular formula is C29H32FN2NaO5. The number of amides is 1. The van der Waals surface area contributed by atoms with Crippen LogP contribution in [0.3, 0.4) is 0 Å². The number of carboxylic acid groups (broad SMARTS) is 1. The number of nitrogens with one attached hydrogen (secondary N) is 1. The fourth-order valence-electron chi connectivity index (χ4n) is 4.40. The van der Waals surface area contributed by atoms with Gasteiger partial charge >= 0.3 is 29.6 Å². The minimum atomic E-state index is -1.41. The van der Waals surface area contributed by atoms with Crippen LogP contribution in [-0.4, -0.2) is 45.4 Å². The van der Waals surface area contributed by atoms with E-state index in [0.717, 1.165) is 5.56 Å². The first-order valence-corrected chi connectivity index (χ1v) is 12.3. The molecule has 3 rings (SSSR count). The van der Waals surface area contributed by atoms with Gasteiger partial charge in [-0.25, -0.2) is 4.39 Å². The summed E-state index contributed by atoms with van der Waals surface area (Å²) in [5.41, 5.74) is 3.85. The number of aliphatic carboxylic acids is 1. The summed E-state index contributed by atoms with van der Waals surface area (Å²) in [4.78, 5) is 24.2. The Labute approximate surface area is 244 Å². The molecule has 0 aliphatic heterocycles. The number of benzene rings is 2. The molecular weight excluding hydrogens is 498 g/mol. The molecule has 0 spiro atoms. The molecule has 2 atom stereocenters. The number of halogens is 1. The summed E-state index contributed by atoms with van der Waals surface area (Å²) in [5, 5.41) is 34.1. The van der Waals surface area contributed by atoms with Gasteiger partial charge in [0.2, 0.25) is 0 Å². The van der Waals surface area contributed by atoms with Gasteiger partial charge in [-0.3, -0.25) is 4.79 Å². The number of carboxylic acids is 1. The fraction of sp³-hybridized carbons (Fsp3) is 0.310. The summed E-state index contributed by atoms with van der Waals surface area (Å²) in [5.74, 6) is -2.08. The first-order valence-electron chi connectivity index (χ1n) is 12.3. The third kappa shape index (κ3) is 7.65. The van der Waals surface area contributed by atoms with Crippen LogP contribution in [0.15, 0.2) is 60.7 Å². The van der Waals surface area contributed by atoms with Crippen molar-refractivity contribution in [1.82, 2.24) is 9.88 Å². The van der Waals surface area contributed by atoms with E-state index in [4.69, 9.17) is 0 Å². The Morgan fingerprint density at radius 2 is 1.63 bits per heavy atom. The Kier molecular flexibility index (Phi) is 11.9. The molecule has 7 nitrogen and oxygen atoms in total. The topological polar surface area (TPSA) is 115 Å². The zero-order valence-corrected chi connectivity index (χ0v) is 24.1. The number of carbonyl (C=O) groups is 2. The van der Waals surface area contributed by atoms with Gasteiger partial charge in [0.15, 0.2) is 0 Å². The van der Waals surface area contributed by atoms with Crippen molar-refractivity contribution in [1.29, 1.82) is 0 Å². The van der Waals surface area contributed by atoms with Crippen LogP contribution in [0, 0.1) is 5.82 Å². The summed E-state index contributed by atoms with van der Waals surface area (Å²) in [7, 11) is 0. The molecule has 3 N–H and O–H groups in total. The van der Waals surface area contributed by atoms with E-state index in [1.807, 2.05) is 55.7 Å². The maximum atomic E-state index is 13.8. The number of aromatic nitrogens is 1. The number of hydrogen-bond acceptors (Lipinski definition) is 5. The average Bonchev–Trinajstić information content (AvgIpc) is 3.19.